The summed E-state index contributed by atoms with van der Waals surface area (Å²) in [5, 5.41) is 1.97. The molecule has 1 aliphatic heterocycles. The van der Waals surface area contributed by atoms with Crippen LogP contribution < -0.4 is 5.43 Å². The molecule has 1 heterocycles. The van der Waals surface area contributed by atoms with E-state index in [4.69, 9.17) is 4.74 Å². The third-order valence-corrected chi connectivity index (χ3v) is 7.46. The van der Waals surface area contributed by atoms with Crippen molar-refractivity contribution in [3.8, 4) is 0 Å². The van der Waals surface area contributed by atoms with Crippen LogP contribution in [0.1, 0.15) is 50.3 Å². The van der Waals surface area contributed by atoms with Crippen molar-refractivity contribution < 1.29 is 14.3 Å². The number of Topliss-reactive ketones (excluding diaryl/α,β-unsaturated/α-hetero) is 1. The molecule has 184 valence electrons. The second-order valence-electron chi connectivity index (χ2n) is 10.0. The lowest BCUT2D eigenvalue weighted by Gasteiger charge is -2.46. The molecule has 0 aromatic heterocycles. The van der Waals surface area contributed by atoms with Gasteiger partial charge in [-0.25, -0.2) is 4.79 Å². The zero-order valence-electron chi connectivity index (χ0n) is 21.0. The first-order valence-corrected chi connectivity index (χ1v) is 12.6. The lowest BCUT2D eigenvalue weighted by Crippen LogP contribution is -2.58. The highest BCUT2D eigenvalue weighted by atomic mass is 16.5. The predicted octanol–water partition coefficient (Wildman–Crippen LogP) is 5.37. The van der Waals surface area contributed by atoms with E-state index in [0.29, 0.717) is 18.5 Å². The molecule has 0 saturated heterocycles. The zero-order valence-corrected chi connectivity index (χ0v) is 21.0. The number of rotatable bonds is 6. The molecule has 0 saturated carbocycles. The minimum absolute atomic E-state index is 0.0317. The van der Waals surface area contributed by atoms with Crippen molar-refractivity contribution in [2.24, 2.45) is 5.41 Å². The van der Waals surface area contributed by atoms with Gasteiger partial charge in [0.2, 0.25) is 0 Å². The average Bonchev–Trinajstić information content (AvgIpc) is 3.32. The summed E-state index contributed by atoms with van der Waals surface area (Å²) in [7, 11) is 0. The molecule has 3 aromatic carbocycles. The quantitative estimate of drug-likeness (QED) is 0.380. The topological polar surface area (TPSA) is 58.6 Å². The van der Waals surface area contributed by atoms with Gasteiger partial charge in [0.25, 0.3) is 0 Å². The number of ether oxygens (including phenoxy) is 1. The van der Waals surface area contributed by atoms with Gasteiger partial charge in [0.05, 0.1) is 12.3 Å². The Morgan fingerprint density at radius 3 is 1.83 bits per heavy atom. The van der Waals surface area contributed by atoms with Crippen molar-refractivity contribution in [3.05, 3.63) is 119 Å². The van der Waals surface area contributed by atoms with E-state index >= 15 is 0 Å². The fraction of sp³-hybridized carbons (Fsp3) is 0.290. The van der Waals surface area contributed by atoms with E-state index < -0.39 is 11.6 Å². The van der Waals surface area contributed by atoms with Gasteiger partial charge in [0.1, 0.15) is 5.54 Å². The zero-order chi connectivity index (χ0) is 25.3. The lowest BCUT2D eigenvalue weighted by atomic mass is 9.70. The Bertz CT molecular complexity index is 1190. The maximum absolute atomic E-state index is 13.8. The SMILES string of the molecule is CCOC(=O)C1C2=C(NN1C(c1ccccc1)(c1ccccc1)c1ccccc1)C(=O)CCC2(C)C. The van der Waals surface area contributed by atoms with Crippen LogP contribution in [0.25, 0.3) is 0 Å². The average molecular weight is 481 g/mol. The van der Waals surface area contributed by atoms with E-state index in [0.717, 1.165) is 22.3 Å². The van der Waals surface area contributed by atoms with Crippen molar-refractivity contribution in [1.82, 2.24) is 10.4 Å². The highest BCUT2D eigenvalue weighted by molar-refractivity contribution is 5.99. The smallest absolute Gasteiger partial charge is 0.329 e. The summed E-state index contributed by atoms with van der Waals surface area (Å²) in [5.41, 5.74) is 6.49. The minimum Gasteiger partial charge on any atom is -0.465 e. The van der Waals surface area contributed by atoms with E-state index in [1.807, 2.05) is 66.5 Å². The Morgan fingerprint density at radius 1 is 0.917 bits per heavy atom. The van der Waals surface area contributed by atoms with Gasteiger partial charge < -0.3 is 10.2 Å². The molecule has 36 heavy (non-hydrogen) atoms. The van der Waals surface area contributed by atoms with Gasteiger partial charge in [-0.15, -0.1) is 0 Å². The Labute approximate surface area is 212 Å². The van der Waals surface area contributed by atoms with E-state index in [2.05, 4.69) is 55.7 Å². The van der Waals surface area contributed by atoms with Gasteiger partial charge in [0, 0.05) is 6.42 Å². The van der Waals surface area contributed by atoms with Crippen molar-refractivity contribution >= 4 is 11.8 Å². The number of hydrazine groups is 1. The van der Waals surface area contributed by atoms with Crippen LogP contribution in [0.15, 0.2) is 102 Å². The third kappa shape index (κ3) is 3.75. The summed E-state index contributed by atoms with van der Waals surface area (Å²) < 4.78 is 5.67. The number of carbonyl (C=O) groups excluding carboxylic acids is 2. The molecule has 3 aromatic rings. The van der Waals surface area contributed by atoms with Crippen LogP contribution in [-0.2, 0) is 19.9 Å². The fourth-order valence-corrected chi connectivity index (χ4v) is 5.80. The van der Waals surface area contributed by atoms with Crippen molar-refractivity contribution in [1.29, 1.82) is 0 Å². The monoisotopic (exact) mass is 480 g/mol. The highest BCUT2D eigenvalue weighted by Crippen LogP contribution is 2.51. The summed E-state index contributed by atoms with van der Waals surface area (Å²) in [6, 6.07) is 29.7. The van der Waals surface area contributed by atoms with Crippen molar-refractivity contribution in [2.75, 3.05) is 6.61 Å². The Balaban J connectivity index is 1.85. The maximum atomic E-state index is 13.8. The van der Waals surface area contributed by atoms with Crippen molar-refractivity contribution in [2.45, 2.75) is 45.2 Å². The van der Waals surface area contributed by atoms with Crippen LogP contribution in [0.3, 0.4) is 0 Å². The summed E-state index contributed by atoms with van der Waals surface area (Å²) in [4.78, 5) is 27.1. The Kier molecular flexibility index (Phi) is 6.27. The normalized spacial score (nSPS) is 19.5. The number of ketones is 1. The van der Waals surface area contributed by atoms with Gasteiger partial charge in [-0.2, -0.15) is 5.01 Å². The Morgan fingerprint density at radius 2 is 1.39 bits per heavy atom. The first-order valence-electron chi connectivity index (χ1n) is 12.6. The summed E-state index contributed by atoms with van der Waals surface area (Å²) in [6.45, 7) is 6.30. The number of hydrogen-bond acceptors (Lipinski definition) is 5. The summed E-state index contributed by atoms with van der Waals surface area (Å²) in [6.07, 6.45) is 1.13. The number of carbonyl (C=O) groups is 2. The summed E-state index contributed by atoms with van der Waals surface area (Å²) in [5.74, 6) is -0.325. The van der Waals surface area contributed by atoms with E-state index in [1.165, 1.54) is 0 Å². The summed E-state index contributed by atoms with van der Waals surface area (Å²) >= 11 is 0. The molecule has 0 radical (unpaired) electrons. The molecule has 0 fully saturated rings. The van der Waals surface area contributed by atoms with Gasteiger partial charge in [-0.1, -0.05) is 105 Å². The minimum atomic E-state index is -0.922. The van der Waals surface area contributed by atoms with Gasteiger partial charge >= 0.3 is 5.97 Å². The van der Waals surface area contributed by atoms with Crippen LogP contribution in [-0.4, -0.2) is 29.4 Å². The fourth-order valence-electron chi connectivity index (χ4n) is 5.80. The number of esters is 1. The molecule has 5 nitrogen and oxygen atoms in total. The molecule has 2 aliphatic rings. The molecular weight excluding hydrogens is 448 g/mol. The van der Waals surface area contributed by atoms with Gasteiger partial charge in [-0.05, 0) is 41.0 Å². The van der Waals surface area contributed by atoms with E-state index in [1.54, 1.807) is 0 Å². The molecule has 1 unspecified atom stereocenters. The molecular formula is C31H32N2O3. The van der Waals surface area contributed by atoms with Crippen LogP contribution in [0, 0.1) is 5.41 Å². The molecule has 5 heteroatoms. The van der Waals surface area contributed by atoms with Crippen LogP contribution in [0.5, 0.6) is 0 Å². The first kappa shape index (κ1) is 24.0. The van der Waals surface area contributed by atoms with Gasteiger partial charge in [0.15, 0.2) is 11.8 Å². The number of nitrogens with zero attached hydrogens (tertiary/aromatic N) is 1. The molecule has 1 atom stereocenters. The molecule has 0 spiro atoms. The maximum Gasteiger partial charge on any atom is 0.329 e. The van der Waals surface area contributed by atoms with E-state index in [-0.39, 0.29) is 23.8 Å². The molecule has 1 N–H and O–H groups in total. The molecule has 0 bridgehead atoms. The lowest BCUT2D eigenvalue weighted by molar-refractivity contribution is -0.150. The van der Waals surface area contributed by atoms with Crippen LogP contribution >= 0.6 is 0 Å². The van der Waals surface area contributed by atoms with Crippen LogP contribution in [0.4, 0.5) is 0 Å². The second-order valence-corrected chi connectivity index (χ2v) is 10.0. The standard InChI is InChI=1S/C31H32N2O3/c1-4-36-29(35)28-26-27(25(34)20-21-30(26,2)3)32-33(28)31(22-14-8-5-9-15-22,23-16-10-6-11-17-23)24-18-12-7-13-19-24/h5-19,28,32H,4,20-21H2,1-3H3. The third-order valence-electron chi connectivity index (χ3n) is 7.46. The Hall–Kier alpha value is -3.70. The van der Waals surface area contributed by atoms with Gasteiger partial charge in [-0.3, -0.25) is 4.79 Å². The molecule has 1 aliphatic carbocycles. The van der Waals surface area contributed by atoms with Crippen molar-refractivity contribution in [3.63, 3.8) is 0 Å². The number of hydrogen-bond donors (Lipinski definition) is 1. The largest absolute Gasteiger partial charge is 0.465 e. The van der Waals surface area contributed by atoms with Crippen LogP contribution in [0.2, 0.25) is 0 Å². The molecule has 5 rings (SSSR count). The number of nitrogens with one attached hydrogen (secondary N) is 1. The second kappa shape index (κ2) is 9.40. The highest BCUT2D eigenvalue weighted by Gasteiger charge is 2.57. The first-order chi connectivity index (χ1) is 17.4. The molecule has 0 amide bonds. The van der Waals surface area contributed by atoms with E-state index in [9.17, 15) is 9.59 Å². The predicted molar refractivity (Wildman–Crippen MR) is 140 cm³/mol. The number of benzene rings is 3. The number of allylic oxidation sites excluding steroid dienone is 1.